The number of rotatable bonds is 5. The Hall–Kier alpha value is -2.41. The first-order valence-corrected chi connectivity index (χ1v) is 8.14. The summed E-state index contributed by atoms with van der Waals surface area (Å²) in [6.45, 7) is 1.66. The molecule has 3 aromatic rings. The number of nitrogens with one attached hydrogen (secondary N) is 2. The number of hydrogen-bond acceptors (Lipinski definition) is 3. The van der Waals surface area contributed by atoms with E-state index < -0.39 is 0 Å². The van der Waals surface area contributed by atoms with Gasteiger partial charge in [-0.1, -0.05) is 12.1 Å². The molecule has 0 spiro atoms. The van der Waals surface area contributed by atoms with Crippen molar-refractivity contribution in [2.75, 3.05) is 6.61 Å². The van der Waals surface area contributed by atoms with Crippen molar-refractivity contribution in [2.24, 2.45) is 0 Å². The average molecular weight is 392 g/mol. The normalized spacial score (nSPS) is 12.1. The molecule has 5 nitrogen and oxygen atoms in total. The summed E-state index contributed by atoms with van der Waals surface area (Å²) in [5.74, 6) is 0.409. The van der Waals surface area contributed by atoms with Crippen LogP contribution in [0, 0.1) is 5.82 Å². The molecule has 24 heavy (non-hydrogen) atoms. The Labute approximate surface area is 146 Å². The van der Waals surface area contributed by atoms with Gasteiger partial charge in [0.2, 0.25) is 0 Å². The maximum absolute atomic E-state index is 13.0. The fourth-order valence-corrected chi connectivity index (χ4v) is 2.73. The van der Waals surface area contributed by atoms with Gasteiger partial charge >= 0.3 is 0 Å². The van der Waals surface area contributed by atoms with E-state index in [4.69, 9.17) is 4.74 Å². The van der Waals surface area contributed by atoms with Gasteiger partial charge in [0.25, 0.3) is 5.91 Å². The van der Waals surface area contributed by atoms with Gasteiger partial charge in [0.15, 0.2) is 6.61 Å². The molecule has 1 aromatic heterocycles. The van der Waals surface area contributed by atoms with Gasteiger partial charge in [-0.25, -0.2) is 9.37 Å². The number of aromatic nitrogens is 2. The third kappa shape index (κ3) is 3.73. The molecule has 0 saturated carbocycles. The highest BCUT2D eigenvalue weighted by Crippen LogP contribution is 2.25. The number of carbonyl (C=O) groups excluding carboxylic acids is 1. The number of imidazole rings is 1. The first kappa shape index (κ1) is 16.4. The van der Waals surface area contributed by atoms with E-state index in [1.54, 1.807) is 0 Å². The molecular formula is C17H15BrFN3O2. The Bertz CT molecular complexity index is 848. The number of ether oxygens (including phenoxy) is 1. The average Bonchev–Trinajstić information content (AvgIpc) is 2.98. The summed E-state index contributed by atoms with van der Waals surface area (Å²) < 4.78 is 18.9. The Morgan fingerprint density at radius 3 is 2.92 bits per heavy atom. The van der Waals surface area contributed by atoms with E-state index in [0.717, 1.165) is 11.0 Å². The lowest BCUT2D eigenvalue weighted by Gasteiger charge is -2.12. The molecule has 1 heterocycles. The molecule has 7 heteroatoms. The van der Waals surface area contributed by atoms with Crippen LogP contribution in [-0.2, 0) is 4.79 Å². The van der Waals surface area contributed by atoms with Crippen molar-refractivity contribution >= 4 is 32.9 Å². The second kappa shape index (κ2) is 7.00. The first-order chi connectivity index (χ1) is 11.5. The largest absolute Gasteiger partial charge is 0.483 e. The zero-order valence-electron chi connectivity index (χ0n) is 12.8. The molecule has 0 radical (unpaired) electrons. The molecule has 0 saturated heterocycles. The molecule has 0 aliphatic rings. The predicted octanol–water partition coefficient (Wildman–Crippen LogP) is 3.72. The highest BCUT2D eigenvalue weighted by atomic mass is 79.9. The summed E-state index contributed by atoms with van der Waals surface area (Å²) in [6.07, 6.45) is 0. The minimum Gasteiger partial charge on any atom is -0.483 e. The quantitative estimate of drug-likeness (QED) is 0.696. The van der Waals surface area contributed by atoms with E-state index in [1.165, 1.54) is 18.2 Å². The molecule has 0 aliphatic carbocycles. The monoisotopic (exact) mass is 391 g/mol. The Morgan fingerprint density at radius 1 is 1.38 bits per heavy atom. The van der Waals surface area contributed by atoms with Crippen molar-refractivity contribution in [2.45, 2.75) is 13.0 Å². The summed E-state index contributed by atoms with van der Waals surface area (Å²) in [4.78, 5) is 19.6. The lowest BCUT2D eigenvalue weighted by molar-refractivity contribution is -0.123. The highest BCUT2D eigenvalue weighted by molar-refractivity contribution is 9.10. The molecule has 0 unspecified atom stereocenters. The van der Waals surface area contributed by atoms with Crippen LogP contribution >= 0.6 is 15.9 Å². The van der Waals surface area contributed by atoms with E-state index >= 15 is 0 Å². The number of H-pyrrole nitrogens is 1. The maximum atomic E-state index is 13.0. The van der Waals surface area contributed by atoms with Crippen molar-refractivity contribution in [3.8, 4) is 5.75 Å². The third-order valence-corrected chi connectivity index (χ3v) is 4.07. The zero-order valence-corrected chi connectivity index (χ0v) is 14.4. The fraction of sp³-hybridized carbons (Fsp3) is 0.176. The van der Waals surface area contributed by atoms with Crippen molar-refractivity contribution in [1.29, 1.82) is 0 Å². The van der Waals surface area contributed by atoms with E-state index in [1.807, 2.05) is 31.2 Å². The lowest BCUT2D eigenvalue weighted by atomic mass is 10.3. The van der Waals surface area contributed by atoms with Gasteiger partial charge in [0, 0.05) is 0 Å². The van der Waals surface area contributed by atoms with Crippen molar-refractivity contribution in [3.63, 3.8) is 0 Å². The molecule has 124 valence electrons. The number of fused-ring (bicyclic) bond motifs is 1. The van der Waals surface area contributed by atoms with Crippen LogP contribution in [0.5, 0.6) is 5.75 Å². The van der Waals surface area contributed by atoms with Crippen LogP contribution < -0.4 is 10.1 Å². The van der Waals surface area contributed by atoms with Gasteiger partial charge < -0.3 is 15.0 Å². The molecule has 3 rings (SSSR count). The van der Waals surface area contributed by atoms with Crippen LogP contribution in [-0.4, -0.2) is 22.5 Å². The van der Waals surface area contributed by atoms with Crippen LogP contribution in [0.3, 0.4) is 0 Å². The fourth-order valence-electron chi connectivity index (χ4n) is 2.26. The topological polar surface area (TPSA) is 67.0 Å². The van der Waals surface area contributed by atoms with Gasteiger partial charge in [-0.05, 0) is 53.2 Å². The summed E-state index contributed by atoms with van der Waals surface area (Å²) >= 11 is 3.19. The third-order valence-electron chi connectivity index (χ3n) is 3.45. The number of aromatic amines is 1. The molecule has 0 fully saturated rings. The molecule has 0 aliphatic heterocycles. The number of nitrogens with zero attached hydrogens (tertiary/aromatic N) is 1. The van der Waals surface area contributed by atoms with Crippen molar-refractivity contribution in [3.05, 3.63) is 58.6 Å². The van der Waals surface area contributed by atoms with Crippen LogP contribution in [0.2, 0.25) is 0 Å². The number of para-hydroxylation sites is 2. The number of amides is 1. The summed E-state index contributed by atoms with van der Waals surface area (Å²) in [7, 11) is 0. The van der Waals surface area contributed by atoms with E-state index in [9.17, 15) is 9.18 Å². The van der Waals surface area contributed by atoms with Crippen LogP contribution in [0.15, 0.2) is 46.9 Å². The van der Waals surface area contributed by atoms with Crippen LogP contribution in [0.1, 0.15) is 18.8 Å². The summed E-state index contributed by atoms with van der Waals surface area (Å²) in [6, 6.07) is 11.4. The molecule has 1 atom stereocenters. The van der Waals surface area contributed by atoms with Gasteiger partial charge in [-0.3, -0.25) is 4.79 Å². The number of halogens is 2. The van der Waals surface area contributed by atoms with Crippen LogP contribution in [0.25, 0.3) is 11.0 Å². The molecule has 0 bridgehead atoms. The number of benzene rings is 2. The van der Waals surface area contributed by atoms with E-state index in [2.05, 4.69) is 31.2 Å². The van der Waals surface area contributed by atoms with Crippen molar-refractivity contribution < 1.29 is 13.9 Å². The molecule has 1 amide bonds. The zero-order chi connectivity index (χ0) is 17.1. The lowest BCUT2D eigenvalue weighted by Crippen LogP contribution is -2.31. The maximum Gasteiger partial charge on any atom is 0.258 e. The Balaban J connectivity index is 1.59. The van der Waals surface area contributed by atoms with Gasteiger partial charge in [0.1, 0.15) is 17.4 Å². The molecule has 2 N–H and O–H groups in total. The van der Waals surface area contributed by atoms with Gasteiger partial charge in [0.05, 0.1) is 21.5 Å². The van der Waals surface area contributed by atoms with Crippen molar-refractivity contribution in [1.82, 2.24) is 15.3 Å². The van der Waals surface area contributed by atoms with E-state index in [-0.39, 0.29) is 24.4 Å². The smallest absolute Gasteiger partial charge is 0.258 e. The van der Waals surface area contributed by atoms with Crippen LogP contribution in [0.4, 0.5) is 4.39 Å². The van der Waals surface area contributed by atoms with E-state index in [0.29, 0.717) is 16.0 Å². The SMILES string of the molecule is C[C@H](NC(=O)COc1ccc(F)cc1Br)c1nc2ccccc2[nH]1. The summed E-state index contributed by atoms with van der Waals surface area (Å²) in [5.41, 5.74) is 1.76. The minimum absolute atomic E-state index is 0.172. The summed E-state index contributed by atoms with van der Waals surface area (Å²) in [5, 5.41) is 2.81. The second-order valence-corrected chi connectivity index (χ2v) is 6.15. The molecule has 2 aromatic carbocycles. The second-order valence-electron chi connectivity index (χ2n) is 5.29. The molecular weight excluding hydrogens is 377 g/mol. The highest BCUT2D eigenvalue weighted by Gasteiger charge is 2.14. The van der Waals surface area contributed by atoms with Gasteiger partial charge in [-0.15, -0.1) is 0 Å². The minimum atomic E-state index is -0.378. The number of carbonyl (C=O) groups is 1. The predicted molar refractivity (Wildman–Crippen MR) is 92.2 cm³/mol. The Morgan fingerprint density at radius 2 is 2.17 bits per heavy atom. The first-order valence-electron chi connectivity index (χ1n) is 7.35. The number of hydrogen-bond donors (Lipinski definition) is 2. The Kier molecular flexibility index (Phi) is 4.80. The van der Waals surface area contributed by atoms with Gasteiger partial charge in [-0.2, -0.15) is 0 Å². The standard InChI is InChI=1S/C17H15BrFN3O2/c1-10(17-21-13-4-2-3-5-14(13)22-17)20-16(23)9-24-15-7-6-11(19)8-12(15)18/h2-8,10H,9H2,1H3,(H,20,23)(H,21,22)/t10-/m0/s1.